The summed E-state index contributed by atoms with van der Waals surface area (Å²) in [5.41, 5.74) is -0.345. The minimum Gasteiger partial charge on any atom is -0.381 e. The Labute approximate surface area is 145 Å². The summed E-state index contributed by atoms with van der Waals surface area (Å²) in [6.45, 7) is 7.35. The van der Waals surface area contributed by atoms with E-state index in [1.807, 2.05) is 6.92 Å². The molecule has 1 aliphatic rings. The van der Waals surface area contributed by atoms with Crippen molar-refractivity contribution in [3.8, 4) is 0 Å². The second-order valence-electron chi connectivity index (χ2n) is 6.60. The number of likely N-dealkylation sites (tertiary alicyclic amines) is 1. The van der Waals surface area contributed by atoms with Crippen molar-refractivity contribution in [1.29, 1.82) is 0 Å². The lowest BCUT2D eigenvalue weighted by Crippen LogP contribution is -2.53. The largest absolute Gasteiger partial charge is 0.381 e. The van der Waals surface area contributed by atoms with Crippen LogP contribution in [0.3, 0.4) is 0 Å². The predicted octanol–water partition coefficient (Wildman–Crippen LogP) is 2.48. The third-order valence-corrected chi connectivity index (χ3v) is 5.01. The van der Waals surface area contributed by atoms with Crippen molar-refractivity contribution in [3.05, 3.63) is 60.2 Å². The first kappa shape index (κ1) is 17.7. The van der Waals surface area contributed by atoms with Crippen LogP contribution in [0.4, 0.5) is 8.78 Å². The lowest BCUT2D eigenvalue weighted by Gasteiger charge is -2.43. The number of hydrogen-bond acceptors (Lipinski definition) is 4. The van der Waals surface area contributed by atoms with Gasteiger partial charge in [-0.05, 0) is 25.8 Å². The number of benzene rings is 1. The van der Waals surface area contributed by atoms with E-state index < -0.39 is 23.3 Å². The fraction of sp³-hybridized carbons (Fsp3) is 0.444. The van der Waals surface area contributed by atoms with E-state index in [4.69, 9.17) is 0 Å². The maximum absolute atomic E-state index is 14.5. The third kappa shape index (κ3) is 3.62. The van der Waals surface area contributed by atoms with Crippen molar-refractivity contribution >= 4 is 0 Å². The SMILES string of the molecule is C=C1CCN(C(C)[C@@](O)(Cn2cncn2)c2ccc(F)cc2F)CC1. The van der Waals surface area contributed by atoms with Crippen LogP contribution in [0.15, 0.2) is 43.0 Å². The van der Waals surface area contributed by atoms with Crippen LogP contribution in [0, 0.1) is 11.6 Å². The fourth-order valence-electron chi connectivity index (χ4n) is 3.37. The third-order valence-electron chi connectivity index (χ3n) is 5.01. The predicted molar refractivity (Wildman–Crippen MR) is 89.7 cm³/mol. The second kappa shape index (κ2) is 7.01. The van der Waals surface area contributed by atoms with E-state index in [1.165, 1.54) is 29.0 Å². The normalized spacial score (nSPS) is 19.6. The standard InChI is InChI=1S/C18H22F2N4O/c1-13-5-7-23(8-6-13)14(2)18(25,10-24-12-21-11-22-24)16-4-3-15(19)9-17(16)20/h3-4,9,11-12,14,25H,1,5-8,10H2,2H3/t14?,18-/m0/s1. The van der Waals surface area contributed by atoms with E-state index in [0.29, 0.717) is 0 Å². The van der Waals surface area contributed by atoms with Crippen molar-refractivity contribution in [1.82, 2.24) is 19.7 Å². The second-order valence-corrected chi connectivity index (χ2v) is 6.60. The van der Waals surface area contributed by atoms with Crippen molar-refractivity contribution in [2.24, 2.45) is 0 Å². The minimum absolute atomic E-state index is 0.0220. The summed E-state index contributed by atoms with van der Waals surface area (Å²) >= 11 is 0. The molecule has 1 saturated heterocycles. The summed E-state index contributed by atoms with van der Waals surface area (Å²) in [5, 5.41) is 15.5. The maximum atomic E-state index is 14.5. The first-order valence-electron chi connectivity index (χ1n) is 8.31. The number of rotatable bonds is 5. The van der Waals surface area contributed by atoms with E-state index in [2.05, 4.69) is 21.6 Å². The Morgan fingerprint density at radius 2 is 2.04 bits per heavy atom. The van der Waals surface area contributed by atoms with Crippen molar-refractivity contribution in [2.45, 2.75) is 38.0 Å². The highest BCUT2D eigenvalue weighted by Crippen LogP contribution is 2.34. The number of aromatic nitrogens is 3. The summed E-state index contributed by atoms with van der Waals surface area (Å²) in [6, 6.07) is 2.87. The molecule has 5 nitrogen and oxygen atoms in total. The zero-order valence-electron chi connectivity index (χ0n) is 14.2. The molecule has 0 spiro atoms. The van der Waals surface area contributed by atoms with Gasteiger partial charge in [0.15, 0.2) is 0 Å². The lowest BCUT2D eigenvalue weighted by molar-refractivity contribution is -0.0657. The molecule has 1 aliphatic heterocycles. The van der Waals surface area contributed by atoms with Gasteiger partial charge in [-0.1, -0.05) is 18.2 Å². The van der Waals surface area contributed by atoms with Gasteiger partial charge in [-0.2, -0.15) is 5.10 Å². The molecule has 7 heteroatoms. The Bertz CT molecular complexity index is 740. The first-order valence-corrected chi connectivity index (χ1v) is 8.31. The topological polar surface area (TPSA) is 54.2 Å². The molecule has 3 rings (SSSR count). The number of piperidine rings is 1. The minimum atomic E-state index is -1.58. The highest BCUT2D eigenvalue weighted by Gasteiger charge is 2.42. The van der Waals surface area contributed by atoms with Gasteiger partial charge >= 0.3 is 0 Å². The van der Waals surface area contributed by atoms with Gasteiger partial charge in [0, 0.05) is 30.8 Å². The summed E-state index contributed by atoms with van der Waals surface area (Å²) in [6.07, 6.45) is 4.51. The van der Waals surface area contributed by atoms with E-state index in [9.17, 15) is 13.9 Å². The van der Waals surface area contributed by atoms with Gasteiger partial charge in [0.1, 0.15) is 29.9 Å². The molecule has 1 unspecified atom stereocenters. The zero-order chi connectivity index (χ0) is 18.0. The molecule has 1 aromatic heterocycles. The summed E-state index contributed by atoms with van der Waals surface area (Å²) in [4.78, 5) is 5.99. The summed E-state index contributed by atoms with van der Waals surface area (Å²) in [7, 11) is 0. The zero-order valence-corrected chi connectivity index (χ0v) is 14.2. The van der Waals surface area contributed by atoms with Crippen molar-refractivity contribution in [2.75, 3.05) is 13.1 Å². The molecule has 25 heavy (non-hydrogen) atoms. The lowest BCUT2D eigenvalue weighted by atomic mass is 9.84. The molecule has 2 heterocycles. The van der Waals surface area contributed by atoms with E-state index >= 15 is 0 Å². The quantitative estimate of drug-likeness (QED) is 0.844. The van der Waals surface area contributed by atoms with Crippen LogP contribution in [-0.4, -0.2) is 43.9 Å². The molecule has 1 N–H and O–H groups in total. The highest BCUT2D eigenvalue weighted by atomic mass is 19.1. The van der Waals surface area contributed by atoms with Crippen LogP contribution >= 0.6 is 0 Å². The van der Waals surface area contributed by atoms with Gasteiger partial charge in [-0.15, -0.1) is 0 Å². The maximum Gasteiger partial charge on any atom is 0.137 e. The summed E-state index contributed by atoms with van der Waals surface area (Å²) in [5.74, 6) is -1.44. The van der Waals surface area contributed by atoms with Gasteiger partial charge in [-0.3, -0.25) is 4.90 Å². The van der Waals surface area contributed by atoms with Gasteiger partial charge in [0.05, 0.1) is 6.54 Å². The Kier molecular flexibility index (Phi) is 4.96. The Balaban J connectivity index is 1.97. The van der Waals surface area contributed by atoms with Crippen LogP contribution in [0.1, 0.15) is 25.3 Å². The number of halogens is 2. The number of nitrogens with zero attached hydrogens (tertiary/aromatic N) is 4. The number of aliphatic hydroxyl groups is 1. The molecule has 0 amide bonds. The smallest absolute Gasteiger partial charge is 0.137 e. The molecular formula is C18H22F2N4O. The molecule has 134 valence electrons. The van der Waals surface area contributed by atoms with Gasteiger partial charge in [0.2, 0.25) is 0 Å². The highest BCUT2D eigenvalue weighted by molar-refractivity contribution is 5.27. The first-order chi connectivity index (χ1) is 11.9. The Hall–Kier alpha value is -2.12. The monoisotopic (exact) mass is 348 g/mol. The molecule has 2 aromatic rings. The molecule has 1 fully saturated rings. The van der Waals surface area contributed by atoms with Gasteiger partial charge in [-0.25, -0.2) is 18.4 Å². The molecule has 1 aromatic carbocycles. The average molecular weight is 348 g/mol. The van der Waals surface area contributed by atoms with Crippen LogP contribution in [0.5, 0.6) is 0 Å². The van der Waals surface area contributed by atoms with Crippen LogP contribution in [0.2, 0.25) is 0 Å². The average Bonchev–Trinajstić information content (AvgIpc) is 3.07. The fourth-order valence-corrected chi connectivity index (χ4v) is 3.37. The molecular weight excluding hydrogens is 326 g/mol. The molecule has 0 bridgehead atoms. The molecule has 0 aliphatic carbocycles. The van der Waals surface area contributed by atoms with Crippen molar-refractivity contribution < 1.29 is 13.9 Å². The van der Waals surface area contributed by atoms with Crippen LogP contribution in [-0.2, 0) is 12.1 Å². The van der Waals surface area contributed by atoms with E-state index in [-0.39, 0.29) is 12.1 Å². The number of hydrogen-bond donors (Lipinski definition) is 1. The Morgan fingerprint density at radius 3 is 2.64 bits per heavy atom. The van der Waals surface area contributed by atoms with E-state index in [0.717, 1.165) is 38.1 Å². The molecule has 0 radical (unpaired) electrons. The molecule has 0 saturated carbocycles. The van der Waals surface area contributed by atoms with Crippen LogP contribution < -0.4 is 0 Å². The van der Waals surface area contributed by atoms with Gasteiger partial charge < -0.3 is 5.11 Å². The van der Waals surface area contributed by atoms with E-state index in [1.54, 1.807) is 0 Å². The van der Waals surface area contributed by atoms with Crippen molar-refractivity contribution in [3.63, 3.8) is 0 Å². The Morgan fingerprint density at radius 1 is 1.32 bits per heavy atom. The molecule has 2 atom stereocenters. The van der Waals surface area contributed by atoms with Crippen LogP contribution in [0.25, 0.3) is 0 Å². The van der Waals surface area contributed by atoms with Gasteiger partial charge in [0.25, 0.3) is 0 Å². The summed E-state index contributed by atoms with van der Waals surface area (Å²) < 4.78 is 29.3.